The Hall–Kier alpha value is -1.14. The molecule has 2 aliphatic heterocycles. The number of carbonyl (C=O) groups excluding carboxylic acids is 2. The van der Waals surface area contributed by atoms with Crippen LogP contribution in [0, 0.1) is 11.8 Å². The third kappa shape index (κ3) is 3.56. The van der Waals surface area contributed by atoms with Crippen molar-refractivity contribution in [3.05, 3.63) is 0 Å². The van der Waals surface area contributed by atoms with Gasteiger partial charge in [0.05, 0.1) is 19.7 Å². The summed E-state index contributed by atoms with van der Waals surface area (Å²) >= 11 is 0. The van der Waals surface area contributed by atoms with Gasteiger partial charge in [-0.1, -0.05) is 6.42 Å². The van der Waals surface area contributed by atoms with Gasteiger partial charge < -0.3 is 15.0 Å². The molecule has 1 atom stereocenters. The highest BCUT2D eigenvalue weighted by Crippen LogP contribution is 2.38. The predicted molar refractivity (Wildman–Crippen MR) is 94.0 cm³/mol. The molecule has 4 fully saturated rings. The SMILES string of the molecule is CC(C)NC(=O)[C@@H]1COC2(CN(C(=O)C3CCC3)C2)CN1CC1CC1. The highest BCUT2D eigenvalue weighted by atomic mass is 16.5. The van der Waals surface area contributed by atoms with E-state index in [1.807, 2.05) is 18.7 Å². The first kappa shape index (κ1) is 17.3. The molecule has 2 saturated heterocycles. The van der Waals surface area contributed by atoms with Crippen LogP contribution < -0.4 is 5.32 Å². The summed E-state index contributed by atoms with van der Waals surface area (Å²) in [5.41, 5.74) is -0.247. The Balaban J connectivity index is 1.36. The van der Waals surface area contributed by atoms with Gasteiger partial charge in [-0.2, -0.15) is 0 Å². The van der Waals surface area contributed by atoms with Crippen molar-refractivity contribution in [2.45, 2.75) is 63.6 Å². The van der Waals surface area contributed by atoms with Crippen LogP contribution >= 0.6 is 0 Å². The quantitative estimate of drug-likeness (QED) is 0.804. The molecule has 0 bridgehead atoms. The van der Waals surface area contributed by atoms with Gasteiger partial charge in [-0.05, 0) is 45.4 Å². The number of likely N-dealkylation sites (tertiary alicyclic amines) is 1. The van der Waals surface area contributed by atoms with Crippen LogP contribution in [0.15, 0.2) is 0 Å². The van der Waals surface area contributed by atoms with Gasteiger partial charge in [0.2, 0.25) is 11.8 Å². The lowest BCUT2D eigenvalue weighted by atomic mass is 9.81. The summed E-state index contributed by atoms with van der Waals surface area (Å²) in [6.45, 7) is 7.57. The Bertz CT molecular complexity index is 536. The number of nitrogens with one attached hydrogen (secondary N) is 1. The molecule has 6 nitrogen and oxygen atoms in total. The van der Waals surface area contributed by atoms with E-state index < -0.39 is 0 Å². The van der Waals surface area contributed by atoms with Gasteiger partial charge in [0.25, 0.3) is 0 Å². The fraction of sp³-hybridized carbons (Fsp3) is 0.895. The molecule has 0 aromatic rings. The van der Waals surface area contributed by atoms with E-state index in [4.69, 9.17) is 4.74 Å². The average Bonchev–Trinajstić information content (AvgIpc) is 3.25. The zero-order chi connectivity index (χ0) is 17.6. The van der Waals surface area contributed by atoms with Crippen LogP contribution in [-0.2, 0) is 14.3 Å². The lowest BCUT2D eigenvalue weighted by molar-refractivity contribution is -0.207. The zero-order valence-electron chi connectivity index (χ0n) is 15.5. The molecule has 2 amide bonds. The molecule has 2 heterocycles. The molecule has 1 N–H and O–H groups in total. The van der Waals surface area contributed by atoms with Crippen molar-refractivity contribution in [3.8, 4) is 0 Å². The minimum absolute atomic E-state index is 0.0761. The smallest absolute Gasteiger partial charge is 0.239 e. The Morgan fingerprint density at radius 2 is 1.88 bits per heavy atom. The molecule has 4 rings (SSSR count). The predicted octanol–water partition coefficient (Wildman–Crippen LogP) is 1.00. The largest absolute Gasteiger partial charge is 0.368 e. The molecule has 140 valence electrons. The van der Waals surface area contributed by atoms with Crippen LogP contribution in [-0.4, -0.2) is 72.1 Å². The van der Waals surface area contributed by atoms with Gasteiger partial charge in [0.1, 0.15) is 11.6 Å². The third-order valence-corrected chi connectivity index (χ3v) is 6.13. The molecule has 0 aromatic heterocycles. The maximum absolute atomic E-state index is 12.5. The number of hydrogen-bond acceptors (Lipinski definition) is 4. The Labute approximate surface area is 150 Å². The van der Waals surface area contributed by atoms with E-state index in [0.717, 1.165) is 31.8 Å². The van der Waals surface area contributed by atoms with E-state index >= 15 is 0 Å². The number of carbonyl (C=O) groups is 2. The third-order valence-electron chi connectivity index (χ3n) is 6.13. The fourth-order valence-electron chi connectivity index (χ4n) is 4.24. The van der Waals surface area contributed by atoms with Gasteiger partial charge in [-0.3, -0.25) is 14.5 Å². The molecule has 4 aliphatic rings. The number of nitrogens with zero attached hydrogens (tertiary/aromatic N) is 2. The summed E-state index contributed by atoms with van der Waals surface area (Å²) in [6.07, 6.45) is 5.83. The molecule has 6 heteroatoms. The molecule has 2 saturated carbocycles. The van der Waals surface area contributed by atoms with Crippen molar-refractivity contribution >= 4 is 11.8 Å². The first-order chi connectivity index (χ1) is 12.0. The van der Waals surface area contributed by atoms with Gasteiger partial charge >= 0.3 is 0 Å². The summed E-state index contributed by atoms with van der Waals surface area (Å²) in [5.74, 6) is 1.38. The molecular weight excluding hydrogens is 318 g/mol. The van der Waals surface area contributed by atoms with Crippen LogP contribution in [0.25, 0.3) is 0 Å². The monoisotopic (exact) mass is 349 g/mol. The second kappa shape index (κ2) is 6.54. The first-order valence-corrected chi connectivity index (χ1v) is 9.93. The van der Waals surface area contributed by atoms with Crippen LogP contribution in [0.5, 0.6) is 0 Å². The first-order valence-electron chi connectivity index (χ1n) is 9.93. The molecule has 0 radical (unpaired) electrons. The topological polar surface area (TPSA) is 61.9 Å². The number of rotatable bonds is 5. The van der Waals surface area contributed by atoms with Crippen molar-refractivity contribution in [2.75, 3.05) is 32.8 Å². The molecule has 0 unspecified atom stereocenters. The summed E-state index contributed by atoms with van der Waals surface area (Å²) in [4.78, 5) is 29.2. The highest BCUT2D eigenvalue weighted by Gasteiger charge is 2.53. The molecule has 2 aliphatic carbocycles. The normalized spacial score (nSPS) is 29.4. The second-order valence-corrected chi connectivity index (χ2v) is 8.87. The van der Waals surface area contributed by atoms with E-state index in [1.165, 1.54) is 19.3 Å². The Morgan fingerprint density at radius 1 is 1.16 bits per heavy atom. The minimum Gasteiger partial charge on any atom is -0.368 e. The fourth-order valence-corrected chi connectivity index (χ4v) is 4.24. The van der Waals surface area contributed by atoms with Crippen molar-refractivity contribution in [1.29, 1.82) is 0 Å². The van der Waals surface area contributed by atoms with Crippen LogP contribution in [0.4, 0.5) is 0 Å². The van der Waals surface area contributed by atoms with Crippen LogP contribution in [0.1, 0.15) is 46.0 Å². The molecular formula is C19H31N3O3. The maximum atomic E-state index is 12.5. The number of amides is 2. The van der Waals surface area contributed by atoms with E-state index in [1.54, 1.807) is 0 Å². The Kier molecular flexibility index (Phi) is 4.52. The van der Waals surface area contributed by atoms with Gasteiger partial charge in [-0.15, -0.1) is 0 Å². The van der Waals surface area contributed by atoms with E-state index in [0.29, 0.717) is 25.6 Å². The molecule has 0 aromatic carbocycles. The molecule has 25 heavy (non-hydrogen) atoms. The maximum Gasteiger partial charge on any atom is 0.239 e. The summed E-state index contributed by atoms with van der Waals surface area (Å²) in [6, 6.07) is -0.0459. The minimum atomic E-state index is -0.247. The van der Waals surface area contributed by atoms with Crippen LogP contribution in [0.2, 0.25) is 0 Å². The van der Waals surface area contributed by atoms with E-state index in [2.05, 4.69) is 10.2 Å². The lowest BCUT2D eigenvalue weighted by Gasteiger charge is -2.56. The van der Waals surface area contributed by atoms with Gasteiger partial charge in [-0.25, -0.2) is 0 Å². The average molecular weight is 349 g/mol. The van der Waals surface area contributed by atoms with E-state index in [9.17, 15) is 9.59 Å². The number of morpholine rings is 1. The summed E-state index contributed by atoms with van der Waals surface area (Å²) in [5, 5.41) is 3.03. The van der Waals surface area contributed by atoms with Gasteiger partial charge in [0, 0.05) is 25.0 Å². The number of hydrogen-bond donors (Lipinski definition) is 1. The second-order valence-electron chi connectivity index (χ2n) is 8.87. The Morgan fingerprint density at radius 3 is 2.44 bits per heavy atom. The highest BCUT2D eigenvalue weighted by molar-refractivity contribution is 5.82. The van der Waals surface area contributed by atoms with Crippen molar-refractivity contribution in [1.82, 2.24) is 15.1 Å². The standard InChI is InChI=1S/C19H31N3O3/c1-13(2)20-17(23)16-9-25-19(10-21(16)8-14-6-7-14)11-22(12-19)18(24)15-4-3-5-15/h13-16H,3-12H2,1-2H3,(H,20,23)/t16-/m0/s1. The van der Waals surface area contributed by atoms with E-state index in [-0.39, 0.29) is 29.5 Å². The van der Waals surface area contributed by atoms with Crippen molar-refractivity contribution in [2.24, 2.45) is 11.8 Å². The lowest BCUT2D eigenvalue weighted by Crippen LogP contribution is -2.74. The summed E-state index contributed by atoms with van der Waals surface area (Å²) < 4.78 is 6.16. The van der Waals surface area contributed by atoms with Crippen molar-refractivity contribution < 1.29 is 14.3 Å². The van der Waals surface area contributed by atoms with Crippen molar-refractivity contribution in [3.63, 3.8) is 0 Å². The summed E-state index contributed by atoms with van der Waals surface area (Å²) in [7, 11) is 0. The number of ether oxygens (including phenoxy) is 1. The zero-order valence-corrected chi connectivity index (χ0v) is 15.5. The van der Waals surface area contributed by atoms with Gasteiger partial charge in [0.15, 0.2) is 0 Å². The molecule has 1 spiro atoms. The van der Waals surface area contributed by atoms with Crippen LogP contribution in [0.3, 0.4) is 0 Å².